The second kappa shape index (κ2) is 2.76. The number of alkyl halides is 1. The predicted molar refractivity (Wildman–Crippen MR) is 27.4 cm³/mol. The molecule has 9 heavy (non-hydrogen) atoms. The molecule has 0 atom stereocenters. The maximum Gasteiger partial charge on any atom is 0.349 e. The average Bonchev–Trinajstić information content (AvgIpc) is 1.25. The van der Waals surface area contributed by atoms with Crippen molar-refractivity contribution in [3.05, 3.63) is 0 Å². The van der Waals surface area contributed by atoms with Gasteiger partial charge in [-0.15, -0.1) is 0 Å². The molecule has 0 aromatic carbocycles. The van der Waals surface area contributed by atoms with Gasteiger partial charge < -0.3 is 31.7 Å². The van der Waals surface area contributed by atoms with Crippen LogP contribution in [0.4, 0.5) is 0 Å². The summed E-state index contributed by atoms with van der Waals surface area (Å²) in [6, 6.07) is 0. The highest BCUT2D eigenvalue weighted by Gasteiger charge is 2.44. The third-order valence-electron chi connectivity index (χ3n) is 0.427. The molecule has 0 unspecified atom stereocenters. The Balaban J connectivity index is 0. The van der Waals surface area contributed by atoms with Crippen LogP contribution < -0.4 is 6.15 Å². The van der Waals surface area contributed by atoms with E-state index in [0.29, 0.717) is 0 Å². The van der Waals surface area contributed by atoms with Crippen molar-refractivity contribution in [1.82, 2.24) is 6.15 Å². The van der Waals surface area contributed by atoms with Crippen LogP contribution in [0, 0.1) is 0 Å². The van der Waals surface area contributed by atoms with E-state index in [9.17, 15) is 0 Å². The zero-order valence-corrected chi connectivity index (χ0v) is 5.08. The Labute approximate surface area is 55.5 Å². The minimum atomic E-state index is -3.69. The largest absolute Gasteiger partial charge is 0.349 e. The Hall–Kier alpha value is 0.0500. The fraction of sp³-hybridized carbons (Fsp3) is 1.00. The number of aliphatic hydroxyl groups is 5. The lowest BCUT2D eigenvalue weighted by atomic mass is 10.5. The second-order valence-electron chi connectivity index (χ2n) is 1.22. The Morgan fingerprint density at radius 2 is 1.00 bits per heavy atom. The lowest BCUT2D eigenvalue weighted by molar-refractivity contribution is -0.415. The first-order valence-corrected chi connectivity index (χ1v) is 1.93. The highest BCUT2D eigenvalue weighted by atomic mass is 35.5. The molecule has 0 fully saturated rings. The second-order valence-corrected chi connectivity index (χ2v) is 1.75. The van der Waals surface area contributed by atoms with Crippen molar-refractivity contribution >= 4 is 11.6 Å². The molecule has 0 heterocycles. The third-order valence-corrected chi connectivity index (χ3v) is 0.680. The average molecular weight is 162 g/mol. The molecule has 0 saturated carbocycles. The highest BCUT2D eigenvalue weighted by molar-refractivity contribution is 6.21. The van der Waals surface area contributed by atoms with Crippen molar-refractivity contribution in [1.29, 1.82) is 0 Å². The van der Waals surface area contributed by atoms with E-state index in [1.807, 2.05) is 0 Å². The maximum absolute atomic E-state index is 7.93. The summed E-state index contributed by atoms with van der Waals surface area (Å²) in [5, 5.41) is 35.9. The fourth-order valence-corrected chi connectivity index (χ4v) is 0. The first kappa shape index (κ1) is 11.8. The minimum Gasteiger partial charge on any atom is -0.347 e. The van der Waals surface area contributed by atoms with E-state index in [4.69, 9.17) is 25.5 Å². The molecule has 6 nitrogen and oxygen atoms in total. The van der Waals surface area contributed by atoms with Crippen LogP contribution in [0.25, 0.3) is 0 Å². The van der Waals surface area contributed by atoms with E-state index in [1.54, 1.807) is 0 Å². The molecule has 0 bridgehead atoms. The lowest BCUT2D eigenvalue weighted by Crippen LogP contribution is -2.50. The molecule has 0 saturated heterocycles. The Morgan fingerprint density at radius 1 is 0.889 bits per heavy atom. The van der Waals surface area contributed by atoms with Crippen LogP contribution in [-0.4, -0.2) is 36.8 Å². The summed E-state index contributed by atoms with van der Waals surface area (Å²) in [5.74, 6) is -3.69. The molecular weight excluding hydrogens is 153 g/mol. The molecule has 58 valence electrons. The van der Waals surface area contributed by atoms with Crippen molar-refractivity contribution < 1.29 is 25.5 Å². The van der Waals surface area contributed by atoms with Gasteiger partial charge in [0.1, 0.15) is 0 Å². The van der Waals surface area contributed by atoms with E-state index in [2.05, 4.69) is 11.6 Å². The predicted octanol–water partition coefficient (Wildman–Crippen LogP) is -2.34. The van der Waals surface area contributed by atoms with Gasteiger partial charge in [0.25, 0.3) is 0 Å². The van der Waals surface area contributed by atoms with Gasteiger partial charge in [0.15, 0.2) is 0 Å². The van der Waals surface area contributed by atoms with E-state index in [1.165, 1.54) is 0 Å². The van der Waals surface area contributed by atoms with E-state index < -0.39 is 11.2 Å². The Bertz CT molecular complexity index is 69.9. The van der Waals surface area contributed by atoms with Gasteiger partial charge in [-0.05, 0) is 11.6 Å². The molecule has 0 aliphatic rings. The molecule has 0 aliphatic heterocycles. The number of hydrogen-bond donors (Lipinski definition) is 6. The summed E-state index contributed by atoms with van der Waals surface area (Å²) in [7, 11) is 0. The van der Waals surface area contributed by atoms with Crippen LogP contribution in [0.3, 0.4) is 0 Å². The number of hydrogen-bond acceptors (Lipinski definition) is 6. The standard InChI is InChI=1S/C2H5ClO5.H3N/c3-1(4,5)2(6,7)8;/h4-8H;1H3. The summed E-state index contributed by atoms with van der Waals surface area (Å²) < 4.78 is 0. The molecule has 0 amide bonds. The van der Waals surface area contributed by atoms with Crippen molar-refractivity contribution in [2.24, 2.45) is 0 Å². The van der Waals surface area contributed by atoms with Crippen LogP contribution in [0.15, 0.2) is 0 Å². The molecule has 0 aromatic rings. The zero-order chi connectivity index (χ0) is 7.00. The third kappa shape index (κ3) is 3.60. The van der Waals surface area contributed by atoms with Crippen LogP contribution >= 0.6 is 11.6 Å². The van der Waals surface area contributed by atoms with Crippen LogP contribution in [0.1, 0.15) is 0 Å². The first-order chi connectivity index (χ1) is 3.25. The van der Waals surface area contributed by atoms with Gasteiger partial charge in [-0.3, -0.25) is 0 Å². The SMILES string of the molecule is N.OC(O)(O)C(O)(O)Cl. The minimum absolute atomic E-state index is 0. The smallest absolute Gasteiger partial charge is 0.347 e. The lowest BCUT2D eigenvalue weighted by Gasteiger charge is -2.22. The number of rotatable bonds is 1. The molecule has 0 radical (unpaired) electrons. The quantitative estimate of drug-likeness (QED) is 0.188. The maximum atomic E-state index is 7.93. The molecular formula is C2H8ClNO5. The molecule has 8 N–H and O–H groups in total. The first-order valence-electron chi connectivity index (χ1n) is 1.56. The molecule has 0 aromatic heterocycles. The van der Waals surface area contributed by atoms with E-state index in [0.717, 1.165) is 0 Å². The fourth-order valence-electron chi connectivity index (χ4n) is 0. The summed E-state index contributed by atoms with van der Waals surface area (Å²) in [5.41, 5.74) is 0. The molecule has 7 heteroatoms. The van der Waals surface area contributed by atoms with Gasteiger partial charge >= 0.3 is 11.2 Å². The van der Waals surface area contributed by atoms with Gasteiger partial charge in [-0.25, -0.2) is 0 Å². The molecule has 0 spiro atoms. The summed E-state index contributed by atoms with van der Waals surface area (Å²) in [6.45, 7) is 0. The number of halogens is 1. The topological polar surface area (TPSA) is 136 Å². The van der Waals surface area contributed by atoms with Gasteiger partial charge in [0, 0.05) is 0 Å². The van der Waals surface area contributed by atoms with Crippen molar-refractivity contribution in [3.63, 3.8) is 0 Å². The van der Waals surface area contributed by atoms with Gasteiger partial charge in [-0.2, -0.15) is 0 Å². The normalized spacial score (nSPS) is 12.7. The van der Waals surface area contributed by atoms with Gasteiger partial charge in [0.2, 0.25) is 0 Å². The van der Waals surface area contributed by atoms with Crippen LogP contribution in [0.5, 0.6) is 0 Å². The summed E-state index contributed by atoms with van der Waals surface area (Å²) >= 11 is 4.37. The molecule has 0 aliphatic carbocycles. The van der Waals surface area contributed by atoms with Crippen molar-refractivity contribution in [2.75, 3.05) is 0 Å². The Morgan fingerprint density at radius 3 is 1.00 bits per heavy atom. The summed E-state index contributed by atoms with van der Waals surface area (Å²) in [4.78, 5) is 0. The van der Waals surface area contributed by atoms with Gasteiger partial charge in [0.05, 0.1) is 0 Å². The van der Waals surface area contributed by atoms with Crippen molar-refractivity contribution in [2.45, 2.75) is 11.2 Å². The highest BCUT2D eigenvalue weighted by Crippen LogP contribution is 2.17. The monoisotopic (exact) mass is 161 g/mol. The van der Waals surface area contributed by atoms with Gasteiger partial charge in [-0.1, -0.05) is 0 Å². The van der Waals surface area contributed by atoms with Crippen LogP contribution in [0.2, 0.25) is 0 Å². The van der Waals surface area contributed by atoms with E-state index in [-0.39, 0.29) is 6.15 Å². The molecule has 0 rings (SSSR count). The summed E-state index contributed by atoms with van der Waals surface area (Å²) in [6.07, 6.45) is 0. The van der Waals surface area contributed by atoms with Crippen LogP contribution in [-0.2, 0) is 0 Å². The van der Waals surface area contributed by atoms with E-state index >= 15 is 0 Å². The zero-order valence-electron chi connectivity index (χ0n) is 4.32. The Kier molecular flexibility index (Phi) is 3.61. The van der Waals surface area contributed by atoms with Crippen molar-refractivity contribution in [3.8, 4) is 0 Å².